The summed E-state index contributed by atoms with van der Waals surface area (Å²) < 4.78 is 4.53. The molecule has 12 heavy (non-hydrogen) atoms. The molecule has 0 amide bonds. The predicted molar refractivity (Wildman–Crippen MR) is 43.4 cm³/mol. The van der Waals surface area contributed by atoms with Crippen LogP contribution in [-0.4, -0.2) is 26.3 Å². The quantitative estimate of drug-likeness (QED) is 0.333. The van der Waals surface area contributed by atoms with Gasteiger partial charge in [-0.15, -0.1) is 0 Å². The fourth-order valence-corrected chi connectivity index (χ4v) is 0.660. The van der Waals surface area contributed by atoms with E-state index in [2.05, 4.69) is 21.4 Å². The molecule has 0 aliphatic carbocycles. The van der Waals surface area contributed by atoms with Crippen molar-refractivity contribution >= 4 is 5.97 Å². The highest BCUT2D eigenvalue weighted by molar-refractivity contribution is 5.69. The van der Waals surface area contributed by atoms with Crippen LogP contribution >= 0.6 is 0 Å². The van der Waals surface area contributed by atoms with Crippen LogP contribution in [-0.2, 0) is 19.3 Å². The van der Waals surface area contributed by atoms with Gasteiger partial charge in [-0.25, -0.2) is 4.79 Å². The summed E-state index contributed by atoms with van der Waals surface area (Å²) in [6, 6.07) is 0. The lowest BCUT2D eigenvalue weighted by Gasteiger charge is -2.01. The Hall–Kier alpha value is -0.610. The molecule has 0 aromatic carbocycles. The molecule has 0 rings (SSSR count). The van der Waals surface area contributed by atoms with E-state index in [0.29, 0.717) is 6.61 Å². The van der Waals surface area contributed by atoms with Gasteiger partial charge in [0.25, 0.3) is 0 Å². The molecule has 0 bridgehead atoms. The molecule has 0 aromatic rings. The summed E-state index contributed by atoms with van der Waals surface area (Å²) in [5.41, 5.74) is 0. The number of unbranched alkanes of at least 4 members (excludes halogenated alkanes) is 2. The van der Waals surface area contributed by atoms with Crippen molar-refractivity contribution in [1.82, 2.24) is 0 Å². The zero-order valence-electron chi connectivity index (χ0n) is 7.67. The lowest BCUT2D eigenvalue weighted by molar-refractivity contribution is -0.275. The van der Waals surface area contributed by atoms with Crippen molar-refractivity contribution in [2.45, 2.75) is 26.2 Å². The average molecular weight is 176 g/mol. The van der Waals surface area contributed by atoms with E-state index in [-0.39, 0.29) is 6.61 Å². The molecule has 0 unspecified atom stereocenters. The van der Waals surface area contributed by atoms with Crippen molar-refractivity contribution in [3.63, 3.8) is 0 Å². The normalized spacial score (nSPS) is 9.83. The molecule has 4 nitrogen and oxygen atoms in total. The summed E-state index contributed by atoms with van der Waals surface area (Å²) >= 11 is 0. The molecule has 0 fully saturated rings. The molecular formula is C8H16O4. The van der Waals surface area contributed by atoms with Gasteiger partial charge < -0.3 is 4.74 Å². The number of carbonyl (C=O) groups is 1. The van der Waals surface area contributed by atoms with Crippen molar-refractivity contribution in [3.8, 4) is 0 Å². The first-order valence-electron chi connectivity index (χ1n) is 4.12. The van der Waals surface area contributed by atoms with Gasteiger partial charge in [0, 0.05) is 7.11 Å². The van der Waals surface area contributed by atoms with E-state index in [1.807, 2.05) is 0 Å². The van der Waals surface area contributed by atoms with Crippen molar-refractivity contribution < 1.29 is 19.3 Å². The topological polar surface area (TPSA) is 44.8 Å². The van der Waals surface area contributed by atoms with E-state index in [1.165, 1.54) is 7.11 Å². The summed E-state index contributed by atoms with van der Waals surface area (Å²) in [7, 11) is 1.43. The number of hydrogen-bond acceptors (Lipinski definition) is 4. The fourth-order valence-electron chi connectivity index (χ4n) is 0.660. The molecule has 0 aliphatic heterocycles. The minimum atomic E-state index is -0.492. The third-order valence-electron chi connectivity index (χ3n) is 1.25. The maximum atomic E-state index is 10.6. The summed E-state index contributed by atoms with van der Waals surface area (Å²) in [5.74, 6) is -0.492. The number of methoxy groups -OCH3 is 1. The Labute approximate surface area is 72.7 Å². The van der Waals surface area contributed by atoms with Crippen LogP contribution in [0.5, 0.6) is 0 Å². The van der Waals surface area contributed by atoms with Gasteiger partial charge in [-0.3, -0.25) is 4.89 Å². The van der Waals surface area contributed by atoms with E-state index < -0.39 is 5.97 Å². The average Bonchev–Trinajstić information content (AvgIpc) is 2.05. The molecular weight excluding hydrogens is 160 g/mol. The summed E-state index contributed by atoms with van der Waals surface area (Å²) in [4.78, 5) is 19.6. The Kier molecular flexibility index (Phi) is 8.05. The van der Waals surface area contributed by atoms with E-state index in [1.54, 1.807) is 0 Å². The van der Waals surface area contributed by atoms with Gasteiger partial charge in [-0.1, -0.05) is 19.8 Å². The molecule has 0 N–H and O–H groups in total. The number of ether oxygens (including phenoxy) is 1. The fraction of sp³-hybridized carbons (Fsp3) is 0.875. The second-order valence-electron chi connectivity index (χ2n) is 2.42. The first-order valence-corrected chi connectivity index (χ1v) is 4.12. The van der Waals surface area contributed by atoms with Gasteiger partial charge in [0.1, 0.15) is 6.61 Å². The molecule has 72 valence electrons. The van der Waals surface area contributed by atoms with Crippen LogP contribution < -0.4 is 0 Å². The third kappa shape index (κ3) is 7.50. The van der Waals surface area contributed by atoms with Crippen LogP contribution in [0.4, 0.5) is 0 Å². The van der Waals surface area contributed by atoms with Gasteiger partial charge in [-0.2, -0.15) is 4.89 Å². The van der Waals surface area contributed by atoms with E-state index in [4.69, 9.17) is 0 Å². The highest BCUT2D eigenvalue weighted by Crippen LogP contribution is 1.94. The maximum Gasteiger partial charge on any atom is 0.367 e. The molecule has 0 radical (unpaired) electrons. The smallest absolute Gasteiger partial charge is 0.367 e. The predicted octanol–water partition coefficient (Wildman–Crippen LogP) is 1.30. The minimum Gasteiger partial charge on any atom is -0.373 e. The van der Waals surface area contributed by atoms with E-state index in [0.717, 1.165) is 19.3 Å². The van der Waals surface area contributed by atoms with Gasteiger partial charge in [-0.05, 0) is 6.42 Å². The highest BCUT2D eigenvalue weighted by Gasteiger charge is 2.01. The Morgan fingerprint density at radius 2 is 2.08 bits per heavy atom. The largest absolute Gasteiger partial charge is 0.373 e. The Morgan fingerprint density at radius 1 is 1.33 bits per heavy atom. The molecule has 0 spiro atoms. The summed E-state index contributed by atoms with van der Waals surface area (Å²) in [6.45, 7) is 2.49. The third-order valence-corrected chi connectivity index (χ3v) is 1.25. The van der Waals surface area contributed by atoms with E-state index >= 15 is 0 Å². The molecule has 0 aliphatic rings. The minimum absolute atomic E-state index is 0.0617. The number of rotatable bonds is 7. The zero-order chi connectivity index (χ0) is 9.23. The van der Waals surface area contributed by atoms with Crippen LogP contribution in [0.2, 0.25) is 0 Å². The van der Waals surface area contributed by atoms with Gasteiger partial charge in [0.05, 0.1) is 6.61 Å². The molecule has 0 heterocycles. The highest BCUT2D eigenvalue weighted by atomic mass is 17.2. The van der Waals surface area contributed by atoms with Crippen LogP contribution in [0.25, 0.3) is 0 Å². The van der Waals surface area contributed by atoms with Crippen LogP contribution in [0, 0.1) is 0 Å². The van der Waals surface area contributed by atoms with Crippen molar-refractivity contribution in [1.29, 1.82) is 0 Å². The summed E-state index contributed by atoms with van der Waals surface area (Å²) in [6.07, 6.45) is 3.12. The molecule has 0 aromatic heterocycles. The SMILES string of the molecule is CCCCCOOC(=O)COC. The van der Waals surface area contributed by atoms with E-state index in [9.17, 15) is 4.79 Å². The molecule has 0 atom stereocenters. The second kappa shape index (κ2) is 8.49. The second-order valence-corrected chi connectivity index (χ2v) is 2.42. The van der Waals surface area contributed by atoms with Crippen LogP contribution in [0.1, 0.15) is 26.2 Å². The zero-order valence-corrected chi connectivity index (χ0v) is 7.67. The monoisotopic (exact) mass is 176 g/mol. The Morgan fingerprint density at radius 3 is 2.67 bits per heavy atom. The lowest BCUT2D eigenvalue weighted by Crippen LogP contribution is -2.11. The molecule has 0 saturated heterocycles. The van der Waals surface area contributed by atoms with Crippen molar-refractivity contribution in [2.24, 2.45) is 0 Å². The number of hydrogen-bond donors (Lipinski definition) is 0. The van der Waals surface area contributed by atoms with Crippen molar-refractivity contribution in [2.75, 3.05) is 20.3 Å². The first-order chi connectivity index (χ1) is 5.81. The maximum absolute atomic E-state index is 10.6. The Balaban J connectivity index is 3.03. The van der Waals surface area contributed by atoms with Crippen LogP contribution in [0.3, 0.4) is 0 Å². The molecule has 0 saturated carbocycles. The van der Waals surface area contributed by atoms with Gasteiger partial charge in [0.15, 0.2) is 0 Å². The van der Waals surface area contributed by atoms with Gasteiger partial charge in [0.2, 0.25) is 0 Å². The van der Waals surface area contributed by atoms with Gasteiger partial charge >= 0.3 is 5.97 Å². The first kappa shape index (κ1) is 11.4. The lowest BCUT2D eigenvalue weighted by atomic mass is 10.3. The van der Waals surface area contributed by atoms with Crippen molar-refractivity contribution in [3.05, 3.63) is 0 Å². The molecule has 4 heteroatoms. The van der Waals surface area contributed by atoms with Crippen LogP contribution in [0.15, 0.2) is 0 Å². The number of carbonyl (C=O) groups excluding carboxylic acids is 1. The standard InChI is InChI=1S/C8H16O4/c1-3-4-5-6-11-12-8(9)7-10-2/h3-7H2,1-2H3. The Bertz CT molecular complexity index is 114. The summed E-state index contributed by atoms with van der Waals surface area (Å²) in [5, 5.41) is 0.